The summed E-state index contributed by atoms with van der Waals surface area (Å²) in [6.45, 7) is 7.61. The van der Waals surface area contributed by atoms with Gasteiger partial charge >= 0.3 is 0 Å². The number of anilines is 1. The van der Waals surface area contributed by atoms with Crippen LogP contribution in [0.15, 0.2) is 65.6 Å². The van der Waals surface area contributed by atoms with Gasteiger partial charge in [0, 0.05) is 18.0 Å². The van der Waals surface area contributed by atoms with E-state index < -0.39 is 5.41 Å². The summed E-state index contributed by atoms with van der Waals surface area (Å²) in [7, 11) is 1.61. The Kier molecular flexibility index (Phi) is 7.72. The second-order valence-electron chi connectivity index (χ2n) is 9.08. The number of nitrogens with one attached hydrogen (secondary N) is 1. The summed E-state index contributed by atoms with van der Waals surface area (Å²) in [5, 5.41) is 2.81. The molecule has 1 N–H and O–H groups in total. The monoisotopic (exact) mass is 460 g/mol. The molecule has 0 saturated carbocycles. The first-order valence-corrected chi connectivity index (χ1v) is 11.3. The Labute approximate surface area is 200 Å². The molecule has 0 aliphatic carbocycles. The van der Waals surface area contributed by atoms with E-state index in [9.17, 15) is 14.4 Å². The highest BCUT2D eigenvalue weighted by atomic mass is 16.5. The topological polar surface area (TPSA) is 77.4 Å². The molecule has 1 aromatic heterocycles. The first kappa shape index (κ1) is 25.0. The van der Waals surface area contributed by atoms with Gasteiger partial charge in [-0.3, -0.25) is 14.4 Å². The van der Waals surface area contributed by atoms with Crippen LogP contribution in [0.5, 0.6) is 5.75 Å². The maximum absolute atomic E-state index is 13.0. The summed E-state index contributed by atoms with van der Waals surface area (Å²) in [5.74, 6) is 0.649. The van der Waals surface area contributed by atoms with Crippen molar-refractivity contribution in [2.75, 3.05) is 12.4 Å². The molecule has 1 heterocycles. The molecular weight excluding hydrogens is 428 g/mol. The van der Waals surface area contributed by atoms with E-state index in [0.717, 1.165) is 28.0 Å². The molecule has 178 valence electrons. The molecule has 0 bridgehead atoms. The Morgan fingerprint density at radius 2 is 1.59 bits per heavy atom. The van der Waals surface area contributed by atoms with Crippen LogP contribution in [0, 0.1) is 6.92 Å². The molecule has 0 aliphatic rings. The lowest BCUT2D eigenvalue weighted by Crippen LogP contribution is -2.27. The Bertz CT molecular complexity index is 1220. The number of benzene rings is 2. The molecule has 6 heteroatoms. The van der Waals surface area contributed by atoms with Gasteiger partial charge in [0.2, 0.25) is 5.91 Å². The minimum atomic E-state index is -0.535. The van der Waals surface area contributed by atoms with Crippen LogP contribution in [0.1, 0.15) is 49.4 Å². The largest absolute Gasteiger partial charge is 0.497 e. The van der Waals surface area contributed by atoms with Crippen molar-refractivity contribution in [3.8, 4) is 5.75 Å². The number of carbonyl (C=O) groups excluding carboxylic acids is 2. The van der Waals surface area contributed by atoms with Crippen molar-refractivity contribution in [2.24, 2.45) is 0 Å². The van der Waals surface area contributed by atoms with Gasteiger partial charge in [0.1, 0.15) is 17.2 Å². The Balaban J connectivity index is 1.66. The smallest absolute Gasteiger partial charge is 0.274 e. The van der Waals surface area contributed by atoms with Crippen molar-refractivity contribution in [2.45, 2.75) is 52.5 Å². The molecule has 1 amide bonds. The molecule has 0 saturated heterocycles. The molecule has 6 nitrogen and oxygen atoms in total. The van der Waals surface area contributed by atoms with E-state index in [1.807, 2.05) is 75.4 Å². The van der Waals surface area contributed by atoms with E-state index in [-0.39, 0.29) is 23.7 Å². The average Bonchev–Trinajstić information content (AvgIpc) is 2.83. The van der Waals surface area contributed by atoms with Gasteiger partial charge in [0.15, 0.2) is 0 Å². The lowest BCUT2D eigenvalue weighted by Gasteiger charge is -2.21. The zero-order chi connectivity index (χ0) is 24.9. The van der Waals surface area contributed by atoms with Crippen LogP contribution in [0.2, 0.25) is 0 Å². The zero-order valence-corrected chi connectivity index (χ0v) is 20.5. The van der Waals surface area contributed by atoms with Gasteiger partial charge in [-0.15, -0.1) is 0 Å². The summed E-state index contributed by atoms with van der Waals surface area (Å²) in [5.41, 5.74) is 3.16. The second kappa shape index (κ2) is 10.5. The summed E-state index contributed by atoms with van der Waals surface area (Å²) in [6.07, 6.45) is 2.53. The van der Waals surface area contributed by atoms with Crippen LogP contribution in [0.4, 0.5) is 5.69 Å². The lowest BCUT2D eigenvalue weighted by molar-refractivity contribution is -0.121. The van der Waals surface area contributed by atoms with E-state index in [1.165, 1.54) is 0 Å². The molecule has 0 spiro atoms. The number of ketones is 1. The van der Waals surface area contributed by atoms with Crippen LogP contribution >= 0.6 is 0 Å². The molecule has 3 aromatic rings. The van der Waals surface area contributed by atoms with E-state index >= 15 is 0 Å². The Hall–Kier alpha value is -3.67. The molecule has 3 rings (SSSR count). The van der Waals surface area contributed by atoms with E-state index in [0.29, 0.717) is 18.7 Å². The fourth-order valence-corrected chi connectivity index (χ4v) is 3.62. The molecule has 0 unspecified atom stereocenters. The molecule has 0 fully saturated rings. The number of aromatic nitrogens is 1. The van der Waals surface area contributed by atoms with Crippen molar-refractivity contribution < 1.29 is 14.3 Å². The van der Waals surface area contributed by atoms with Gasteiger partial charge in [0.25, 0.3) is 5.56 Å². The highest BCUT2D eigenvalue weighted by molar-refractivity contribution is 5.91. The fraction of sp³-hybridized carbons (Fsp3) is 0.321. The predicted octanol–water partition coefficient (Wildman–Crippen LogP) is 4.65. The maximum Gasteiger partial charge on any atom is 0.274 e. The quantitative estimate of drug-likeness (QED) is 0.504. The van der Waals surface area contributed by atoms with E-state index in [1.54, 1.807) is 24.8 Å². The number of rotatable bonds is 9. The number of hydrogen-bond donors (Lipinski definition) is 1. The molecule has 2 aromatic carbocycles. The maximum atomic E-state index is 13.0. The van der Waals surface area contributed by atoms with Crippen LogP contribution in [-0.2, 0) is 28.0 Å². The number of hydrogen-bond acceptors (Lipinski definition) is 4. The van der Waals surface area contributed by atoms with Crippen molar-refractivity contribution in [3.05, 3.63) is 93.4 Å². The lowest BCUT2D eigenvalue weighted by atomic mass is 9.81. The summed E-state index contributed by atoms with van der Waals surface area (Å²) >= 11 is 0. The number of Topliss-reactive ketones (excluding diaryl/α,β-unsaturated/α-hetero) is 1. The van der Waals surface area contributed by atoms with Crippen LogP contribution < -0.4 is 15.6 Å². The van der Waals surface area contributed by atoms with Gasteiger partial charge in [0.05, 0.1) is 13.7 Å². The molecular formula is C28H32N2O4. The van der Waals surface area contributed by atoms with Gasteiger partial charge in [-0.2, -0.15) is 0 Å². The number of ether oxygens (including phenoxy) is 1. The van der Waals surface area contributed by atoms with Gasteiger partial charge in [-0.25, -0.2) is 0 Å². The summed E-state index contributed by atoms with van der Waals surface area (Å²) in [6, 6.07) is 17.1. The number of aryl methyl sites for hydroxylation is 2. The minimum absolute atomic E-state index is 0.107. The highest BCUT2D eigenvalue weighted by Gasteiger charge is 2.25. The molecule has 0 aliphatic heterocycles. The SMILES string of the molecule is COc1ccc(Cn2ccc(C)c(NC(=O)CCc3ccc(C(C)(C)C(C)=O)cc3)c2=O)cc1. The van der Waals surface area contributed by atoms with Crippen molar-refractivity contribution in [3.63, 3.8) is 0 Å². The van der Waals surface area contributed by atoms with Crippen LogP contribution in [0.3, 0.4) is 0 Å². The number of methoxy groups -OCH3 is 1. The standard InChI is InChI=1S/C28H32N2O4/c1-19-16-17-30(18-22-8-13-24(34-5)14-9-22)27(33)26(19)29-25(32)15-10-21-6-11-23(12-7-21)28(3,4)20(2)31/h6-9,11-14,16-17H,10,15,18H2,1-5H3,(H,29,32). The third-order valence-corrected chi connectivity index (χ3v) is 6.35. The van der Waals surface area contributed by atoms with Crippen molar-refractivity contribution >= 4 is 17.4 Å². The minimum Gasteiger partial charge on any atom is -0.497 e. The average molecular weight is 461 g/mol. The van der Waals surface area contributed by atoms with Crippen molar-refractivity contribution in [1.29, 1.82) is 0 Å². The number of carbonyl (C=O) groups is 2. The van der Waals surface area contributed by atoms with E-state index in [2.05, 4.69) is 5.32 Å². The van der Waals surface area contributed by atoms with Gasteiger partial charge < -0.3 is 14.6 Å². The normalized spacial score (nSPS) is 11.2. The van der Waals surface area contributed by atoms with E-state index in [4.69, 9.17) is 4.74 Å². The van der Waals surface area contributed by atoms with Crippen molar-refractivity contribution in [1.82, 2.24) is 4.57 Å². The zero-order valence-electron chi connectivity index (χ0n) is 20.5. The fourth-order valence-electron chi connectivity index (χ4n) is 3.62. The number of nitrogens with zero attached hydrogens (tertiary/aromatic N) is 1. The molecule has 34 heavy (non-hydrogen) atoms. The van der Waals surface area contributed by atoms with Gasteiger partial charge in [-0.05, 0) is 74.6 Å². The van der Waals surface area contributed by atoms with Crippen LogP contribution in [-0.4, -0.2) is 23.4 Å². The molecule has 0 atom stereocenters. The van der Waals surface area contributed by atoms with Crippen LogP contribution in [0.25, 0.3) is 0 Å². The first-order valence-electron chi connectivity index (χ1n) is 11.3. The third-order valence-electron chi connectivity index (χ3n) is 6.35. The number of amides is 1. The first-order chi connectivity index (χ1) is 16.1. The second-order valence-corrected chi connectivity index (χ2v) is 9.08. The molecule has 0 radical (unpaired) electrons. The predicted molar refractivity (Wildman–Crippen MR) is 135 cm³/mol. The summed E-state index contributed by atoms with van der Waals surface area (Å²) < 4.78 is 6.76. The Morgan fingerprint density at radius 3 is 2.18 bits per heavy atom. The summed E-state index contributed by atoms with van der Waals surface area (Å²) in [4.78, 5) is 37.5. The number of pyridine rings is 1. The van der Waals surface area contributed by atoms with Gasteiger partial charge in [-0.1, -0.05) is 36.4 Å². The highest BCUT2D eigenvalue weighted by Crippen LogP contribution is 2.24. The third kappa shape index (κ3) is 5.81. The Morgan fingerprint density at radius 1 is 0.971 bits per heavy atom.